The van der Waals surface area contributed by atoms with Gasteiger partial charge < -0.3 is 19.8 Å². The molecule has 27 heavy (non-hydrogen) atoms. The number of benzene rings is 2. The predicted octanol–water partition coefficient (Wildman–Crippen LogP) is 4.94. The van der Waals surface area contributed by atoms with Crippen molar-refractivity contribution < 1.29 is 9.47 Å². The number of hydrogen-bond acceptors (Lipinski definition) is 4. The first-order chi connectivity index (χ1) is 12.9. The van der Waals surface area contributed by atoms with Crippen LogP contribution in [-0.2, 0) is 6.54 Å². The summed E-state index contributed by atoms with van der Waals surface area (Å²) in [6.07, 6.45) is 1.77. The quantitative estimate of drug-likeness (QED) is 0.630. The van der Waals surface area contributed by atoms with Gasteiger partial charge in [0.2, 0.25) is 0 Å². The van der Waals surface area contributed by atoms with Gasteiger partial charge in [-0.1, -0.05) is 23.2 Å². The zero-order valence-electron chi connectivity index (χ0n) is 15.4. The van der Waals surface area contributed by atoms with E-state index in [1.54, 1.807) is 32.7 Å². The van der Waals surface area contributed by atoms with Crippen molar-refractivity contribution in [3.63, 3.8) is 0 Å². The molecule has 3 aromatic rings. The first-order valence-corrected chi connectivity index (χ1v) is 9.17. The molecule has 0 amide bonds. The van der Waals surface area contributed by atoms with Gasteiger partial charge in [0.05, 0.1) is 43.5 Å². The summed E-state index contributed by atoms with van der Waals surface area (Å²) < 4.78 is 12.8. The molecule has 0 saturated carbocycles. The zero-order chi connectivity index (χ0) is 19.6. The van der Waals surface area contributed by atoms with Crippen LogP contribution in [0.15, 0.2) is 42.7 Å². The molecular formula is C20H21Cl2N3O2. The molecule has 0 aliphatic rings. The minimum Gasteiger partial charge on any atom is -0.497 e. The maximum absolute atomic E-state index is 6.38. The van der Waals surface area contributed by atoms with E-state index in [-0.39, 0.29) is 6.04 Å². The molecular weight excluding hydrogens is 385 g/mol. The highest BCUT2D eigenvalue weighted by Crippen LogP contribution is 2.34. The Kier molecular flexibility index (Phi) is 5.95. The van der Waals surface area contributed by atoms with E-state index in [9.17, 15) is 0 Å². The van der Waals surface area contributed by atoms with Crippen molar-refractivity contribution in [2.24, 2.45) is 5.73 Å². The van der Waals surface area contributed by atoms with E-state index in [1.165, 1.54) is 0 Å². The molecule has 0 radical (unpaired) electrons. The highest BCUT2D eigenvalue weighted by Gasteiger charge is 2.19. The van der Waals surface area contributed by atoms with Crippen molar-refractivity contribution in [3.8, 4) is 22.8 Å². The predicted molar refractivity (Wildman–Crippen MR) is 109 cm³/mol. The second kappa shape index (κ2) is 8.21. The van der Waals surface area contributed by atoms with Gasteiger partial charge in [-0.25, -0.2) is 4.98 Å². The fourth-order valence-electron chi connectivity index (χ4n) is 3.05. The number of imidazole rings is 1. The molecule has 0 bridgehead atoms. The van der Waals surface area contributed by atoms with E-state index in [2.05, 4.69) is 4.98 Å². The maximum Gasteiger partial charge on any atom is 0.127 e. The van der Waals surface area contributed by atoms with Gasteiger partial charge >= 0.3 is 0 Å². The summed E-state index contributed by atoms with van der Waals surface area (Å²) in [7, 11) is 3.26. The molecule has 3 rings (SSSR count). The van der Waals surface area contributed by atoms with Crippen LogP contribution in [0.25, 0.3) is 11.3 Å². The second-order valence-electron chi connectivity index (χ2n) is 6.20. The third-order valence-corrected chi connectivity index (χ3v) is 4.88. The van der Waals surface area contributed by atoms with Gasteiger partial charge in [-0.3, -0.25) is 0 Å². The number of methoxy groups -OCH3 is 2. The van der Waals surface area contributed by atoms with Gasteiger partial charge in [0, 0.05) is 28.3 Å². The van der Waals surface area contributed by atoms with Crippen LogP contribution in [0.2, 0.25) is 10.0 Å². The number of rotatable bonds is 6. The molecule has 1 aromatic heterocycles. The SMILES string of the molecule is COc1ccc(Cn2cnc(-c3ccc(Cl)cc3Cl)c2[C@H](C)N)c(OC)c1. The molecule has 1 atom stereocenters. The van der Waals surface area contributed by atoms with Crippen molar-refractivity contribution in [2.75, 3.05) is 14.2 Å². The standard InChI is InChI=1S/C20H21Cl2N3O2/c1-12(23)20-19(16-7-5-14(21)8-17(16)22)24-11-25(20)10-13-4-6-15(26-2)9-18(13)27-3/h4-9,11-12H,10,23H2,1-3H3/t12-/m0/s1. The van der Waals surface area contributed by atoms with E-state index < -0.39 is 0 Å². The molecule has 0 unspecified atom stereocenters. The number of halogens is 2. The molecule has 0 saturated heterocycles. The van der Waals surface area contributed by atoms with E-state index >= 15 is 0 Å². The minimum absolute atomic E-state index is 0.238. The number of hydrogen-bond donors (Lipinski definition) is 1. The van der Waals surface area contributed by atoms with Crippen LogP contribution in [0, 0.1) is 0 Å². The molecule has 0 aliphatic carbocycles. The van der Waals surface area contributed by atoms with Crippen molar-refractivity contribution in [2.45, 2.75) is 19.5 Å². The van der Waals surface area contributed by atoms with E-state index in [4.69, 9.17) is 38.4 Å². The number of nitrogens with two attached hydrogens (primary N) is 1. The molecule has 7 heteroatoms. The number of aromatic nitrogens is 2. The lowest BCUT2D eigenvalue weighted by Gasteiger charge is -2.16. The Morgan fingerprint density at radius 1 is 1.11 bits per heavy atom. The molecule has 2 N–H and O–H groups in total. The monoisotopic (exact) mass is 405 g/mol. The van der Waals surface area contributed by atoms with Crippen molar-refractivity contribution in [1.29, 1.82) is 0 Å². The Hall–Kier alpha value is -2.21. The van der Waals surface area contributed by atoms with Crippen LogP contribution in [0.5, 0.6) is 11.5 Å². The first kappa shape index (κ1) is 19.5. The van der Waals surface area contributed by atoms with Crippen LogP contribution >= 0.6 is 23.2 Å². The van der Waals surface area contributed by atoms with E-state index in [0.29, 0.717) is 16.6 Å². The summed E-state index contributed by atoms with van der Waals surface area (Å²) in [5.41, 5.74) is 9.69. The third-order valence-electron chi connectivity index (χ3n) is 4.33. The molecule has 5 nitrogen and oxygen atoms in total. The average Bonchev–Trinajstić information content (AvgIpc) is 3.05. The van der Waals surface area contributed by atoms with E-state index in [1.807, 2.05) is 35.8 Å². The fourth-order valence-corrected chi connectivity index (χ4v) is 3.55. The van der Waals surface area contributed by atoms with Crippen molar-refractivity contribution in [3.05, 3.63) is 64.0 Å². The van der Waals surface area contributed by atoms with Gasteiger partial charge in [0.15, 0.2) is 0 Å². The minimum atomic E-state index is -0.238. The molecule has 0 fully saturated rings. The van der Waals surface area contributed by atoms with Crippen LogP contribution in [0.1, 0.15) is 24.2 Å². The summed E-state index contributed by atoms with van der Waals surface area (Å²) in [4.78, 5) is 4.57. The van der Waals surface area contributed by atoms with Crippen LogP contribution < -0.4 is 15.2 Å². The average molecular weight is 406 g/mol. The highest BCUT2D eigenvalue weighted by atomic mass is 35.5. The maximum atomic E-state index is 6.38. The first-order valence-electron chi connectivity index (χ1n) is 8.41. The molecule has 0 spiro atoms. The Bertz CT molecular complexity index is 954. The normalized spacial score (nSPS) is 12.1. The fraction of sp³-hybridized carbons (Fsp3) is 0.250. The van der Waals surface area contributed by atoms with Crippen molar-refractivity contribution in [1.82, 2.24) is 9.55 Å². The van der Waals surface area contributed by atoms with Gasteiger partial charge in [0.25, 0.3) is 0 Å². The summed E-state index contributed by atoms with van der Waals surface area (Å²) >= 11 is 12.4. The Balaban J connectivity index is 2.04. The van der Waals surface area contributed by atoms with Crippen LogP contribution in [-0.4, -0.2) is 23.8 Å². The molecule has 1 heterocycles. The summed E-state index contributed by atoms with van der Waals surface area (Å²) in [6, 6.07) is 10.8. The molecule has 142 valence electrons. The van der Waals surface area contributed by atoms with Gasteiger partial charge in [-0.05, 0) is 37.3 Å². The largest absolute Gasteiger partial charge is 0.497 e. The topological polar surface area (TPSA) is 62.3 Å². The second-order valence-corrected chi connectivity index (χ2v) is 7.04. The summed E-state index contributed by atoms with van der Waals surface area (Å²) in [6.45, 7) is 2.48. The lowest BCUT2D eigenvalue weighted by Crippen LogP contribution is -2.14. The number of nitrogens with zero attached hydrogens (tertiary/aromatic N) is 2. The van der Waals surface area contributed by atoms with Gasteiger partial charge in [-0.2, -0.15) is 0 Å². The Labute approximate surface area is 168 Å². The summed E-state index contributed by atoms with van der Waals surface area (Å²) in [5.74, 6) is 1.48. The zero-order valence-corrected chi connectivity index (χ0v) is 16.9. The Morgan fingerprint density at radius 2 is 1.89 bits per heavy atom. The van der Waals surface area contributed by atoms with Crippen LogP contribution in [0.4, 0.5) is 0 Å². The van der Waals surface area contributed by atoms with Gasteiger partial charge in [0.1, 0.15) is 11.5 Å². The smallest absolute Gasteiger partial charge is 0.127 e. The van der Waals surface area contributed by atoms with Crippen molar-refractivity contribution >= 4 is 23.2 Å². The third kappa shape index (κ3) is 4.05. The highest BCUT2D eigenvalue weighted by molar-refractivity contribution is 6.36. The van der Waals surface area contributed by atoms with E-state index in [0.717, 1.165) is 34.0 Å². The lowest BCUT2D eigenvalue weighted by atomic mass is 10.1. The van der Waals surface area contributed by atoms with Crippen LogP contribution in [0.3, 0.4) is 0 Å². The number of ether oxygens (including phenoxy) is 2. The van der Waals surface area contributed by atoms with Gasteiger partial charge in [-0.15, -0.1) is 0 Å². The molecule has 0 aliphatic heterocycles. The Morgan fingerprint density at radius 3 is 2.52 bits per heavy atom. The summed E-state index contributed by atoms with van der Waals surface area (Å²) in [5, 5.41) is 1.12. The lowest BCUT2D eigenvalue weighted by molar-refractivity contribution is 0.390. The molecule has 2 aromatic carbocycles.